The molecule has 1 nitrogen and oxygen atoms in total. The molecule has 1 atom stereocenters. The molecule has 0 bridgehead atoms. The quantitative estimate of drug-likeness (QED) is 0.698. The van der Waals surface area contributed by atoms with Gasteiger partial charge < -0.3 is 5.11 Å². The second-order valence-electron chi connectivity index (χ2n) is 3.85. The predicted molar refractivity (Wildman–Crippen MR) is 59.7 cm³/mol. The van der Waals surface area contributed by atoms with Crippen molar-refractivity contribution in [3.05, 3.63) is 34.7 Å². The van der Waals surface area contributed by atoms with Crippen LogP contribution in [0.3, 0.4) is 0 Å². The van der Waals surface area contributed by atoms with Gasteiger partial charge in [0.15, 0.2) is 0 Å². The highest BCUT2D eigenvalue weighted by Gasteiger charge is 2.22. The SMILES string of the molecule is OC1CCCc2c1sc1ccccc21. The number of aliphatic hydroxyl groups excluding tert-OH is 1. The summed E-state index contributed by atoms with van der Waals surface area (Å²) in [6, 6.07) is 8.46. The molecule has 0 spiro atoms. The Morgan fingerprint density at radius 1 is 1.29 bits per heavy atom. The van der Waals surface area contributed by atoms with Gasteiger partial charge in [-0.3, -0.25) is 0 Å². The van der Waals surface area contributed by atoms with Crippen molar-refractivity contribution >= 4 is 21.4 Å². The van der Waals surface area contributed by atoms with E-state index in [4.69, 9.17) is 0 Å². The molecule has 1 N–H and O–H groups in total. The van der Waals surface area contributed by atoms with Crippen LogP contribution < -0.4 is 0 Å². The van der Waals surface area contributed by atoms with Crippen LogP contribution in [0.2, 0.25) is 0 Å². The van der Waals surface area contributed by atoms with Crippen molar-refractivity contribution in [2.24, 2.45) is 0 Å². The van der Waals surface area contributed by atoms with Gasteiger partial charge in [-0.1, -0.05) is 18.2 Å². The smallest absolute Gasteiger partial charge is 0.0885 e. The summed E-state index contributed by atoms with van der Waals surface area (Å²) in [7, 11) is 0. The molecule has 0 saturated heterocycles. The summed E-state index contributed by atoms with van der Waals surface area (Å²) in [5.74, 6) is 0. The molecule has 72 valence electrons. The monoisotopic (exact) mass is 204 g/mol. The van der Waals surface area contributed by atoms with E-state index >= 15 is 0 Å². The first-order valence-corrected chi connectivity index (χ1v) is 5.86. The minimum atomic E-state index is -0.212. The molecule has 2 heteroatoms. The first-order valence-electron chi connectivity index (χ1n) is 5.04. The molecule has 1 aromatic heterocycles. The summed E-state index contributed by atoms with van der Waals surface area (Å²) in [6.07, 6.45) is 2.97. The molecule has 2 aromatic rings. The molecule has 1 unspecified atom stereocenters. The van der Waals surface area contributed by atoms with Crippen LogP contribution in [0, 0.1) is 0 Å². The average Bonchev–Trinajstić information content (AvgIpc) is 2.59. The third kappa shape index (κ3) is 1.11. The molecule has 0 radical (unpaired) electrons. The lowest BCUT2D eigenvalue weighted by molar-refractivity contribution is 0.161. The second-order valence-corrected chi connectivity index (χ2v) is 4.93. The van der Waals surface area contributed by atoms with E-state index in [1.54, 1.807) is 11.3 Å². The Morgan fingerprint density at radius 3 is 3.07 bits per heavy atom. The fourth-order valence-electron chi connectivity index (χ4n) is 2.25. The van der Waals surface area contributed by atoms with Crippen LogP contribution in [0.1, 0.15) is 29.4 Å². The summed E-state index contributed by atoms with van der Waals surface area (Å²) in [4.78, 5) is 1.21. The Labute approximate surface area is 87.0 Å². The van der Waals surface area contributed by atoms with Gasteiger partial charge in [-0.25, -0.2) is 0 Å². The standard InChI is InChI=1S/C12H12OS/c13-10-6-3-5-9-8-4-1-2-7-11(8)14-12(9)10/h1-2,4,7,10,13H,3,5-6H2. The van der Waals surface area contributed by atoms with Gasteiger partial charge in [0.2, 0.25) is 0 Å². The van der Waals surface area contributed by atoms with Gasteiger partial charge in [0.1, 0.15) is 0 Å². The van der Waals surface area contributed by atoms with E-state index in [-0.39, 0.29) is 6.10 Å². The van der Waals surface area contributed by atoms with Crippen molar-refractivity contribution in [3.8, 4) is 0 Å². The van der Waals surface area contributed by atoms with E-state index in [2.05, 4.69) is 24.3 Å². The summed E-state index contributed by atoms with van der Waals surface area (Å²) in [5.41, 5.74) is 1.39. The van der Waals surface area contributed by atoms with Crippen LogP contribution in [0.15, 0.2) is 24.3 Å². The molecule has 0 fully saturated rings. The van der Waals surface area contributed by atoms with Gasteiger partial charge in [0, 0.05) is 9.58 Å². The summed E-state index contributed by atoms with van der Waals surface area (Å²) >= 11 is 1.76. The summed E-state index contributed by atoms with van der Waals surface area (Å²) < 4.78 is 1.32. The number of hydrogen-bond acceptors (Lipinski definition) is 2. The lowest BCUT2D eigenvalue weighted by Crippen LogP contribution is -2.05. The number of rotatable bonds is 0. The average molecular weight is 204 g/mol. The maximum absolute atomic E-state index is 9.87. The molecule has 1 aliphatic rings. The molecular weight excluding hydrogens is 192 g/mol. The highest BCUT2D eigenvalue weighted by Crippen LogP contribution is 2.40. The number of benzene rings is 1. The van der Waals surface area contributed by atoms with E-state index in [0.717, 1.165) is 19.3 Å². The Balaban J connectivity index is 2.32. The van der Waals surface area contributed by atoms with Crippen LogP contribution in [0.25, 0.3) is 10.1 Å². The zero-order valence-corrected chi connectivity index (χ0v) is 8.68. The van der Waals surface area contributed by atoms with E-state index in [0.29, 0.717) is 0 Å². The van der Waals surface area contributed by atoms with Crippen LogP contribution in [-0.2, 0) is 6.42 Å². The number of hydrogen-bond donors (Lipinski definition) is 1. The fraction of sp³-hybridized carbons (Fsp3) is 0.333. The topological polar surface area (TPSA) is 20.2 Å². The fourth-order valence-corrected chi connectivity index (χ4v) is 3.52. The number of aliphatic hydroxyl groups is 1. The van der Waals surface area contributed by atoms with Crippen molar-refractivity contribution in [1.29, 1.82) is 0 Å². The lowest BCUT2D eigenvalue weighted by atomic mass is 9.94. The van der Waals surface area contributed by atoms with Crippen molar-refractivity contribution in [2.45, 2.75) is 25.4 Å². The van der Waals surface area contributed by atoms with Gasteiger partial charge in [-0.15, -0.1) is 11.3 Å². The highest BCUT2D eigenvalue weighted by molar-refractivity contribution is 7.19. The first-order chi connectivity index (χ1) is 6.86. The third-order valence-corrected chi connectivity index (χ3v) is 4.25. The van der Waals surface area contributed by atoms with Gasteiger partial charge in [-0.05, 0) is 36.3 Å². The molecular formula is C12H12OS. The maximum Gasteiger partial charge on any atom is 0.0885 e. The number of thiophene rings is 1. The Hall–Kier alpha value is -0.860. The summed E-state index contributed by atoms with van der Waals surface area (Å²) in [6.45, 7) is 0. The van der Waals surface area contributed by atoms with Gasteiger partial charge >= 0.3 is 0 Å². The van der Waals surface area contributed by atoms with Crippen molar-refractivity contribution in [2.75, 3.05) is 0 Å². The van der Waals surface area contributed by atoms with Crippen LogP contribution >= 0.6 is 11.3 Å². The highest BCUT2D eigenvalue weighted by atomic mass is 32.1. The van der Waals surface area contributed by atoms with Gasteiger partial charge in [-0.2, -0.15) is 0 Å². The van der Waals surface area contributed by atoms with Crippen molar-refractivity contribution < 1.29 is 5.11 Å². The minimum absolute atomic E-state index is 0.212. The maximum atomic E-state index is 9.87. The normalized spacial score (nSPS) is 21.1. The number of fused-ring (bicyclic) bond motifs is 3. The Morgan fingerprint density at radius 2 is 2.14 bits per heavy atom. The molecule has 0 aliphatic heterocycles. The first kappa shape index (κ1) is 8.45. The third-order valence-electron chi connectivity index (χ3n) is 2.94. The molecule has 0 amide bonds. The second kappa shape index (κ2) is 3.07. The molecule has 3 rings (SSSR count). The summed E-state index contributed by atoms with van der Waals surface area (Å²) in [5, 5.41) is 11.2. The Bertz CT molecular complexity index is 472. The molecule has 1 aliphatic carbocycles. The van der Waals surface area contributed by atoms with Crippen molar-refractivity contribution in [3.63, 3.8) is 0 Å². The Kier molecular flexibility index (Phi) is 1.85. The zero-order chi connectivity index (χ0) is 9.54. The van der Waals surface area contributed by atoms with E-state index < -0.39 is 0 Å². The van der Waals surface area contributed by atoms with E-state index in [9.17, 15) is 5.11 Å². The molecule has 0 saturated carbocycles. The van der Waals surface area contributed by atoms with Gasteiger partial charge in [0.25, 0.3) is 0 Å². The largest absolute Gasteiger partial charge is 0.388 e. The van der Waals surface area contributed by atoms with Crippen molar-refractivity contribution in [1.82, 2.24) is 0 Å². The minimum Gasteiger partial charge on any atom is -0.388 e. The zero-order valence-electron chi connectivity index (χ0n) is 7.86. The van der Waals surface area contributed by atoms with E-state index in [1.165, 1.54) is 20.5 Å². The van der Waals surface area contributed by atoms with Crippen LogP contribution in [0.5, 0.6) is 0 Å². The lowest BCUT2D eigenvalue weighted by Gasteiger charge is -2.16. The molecule has 1 heterocycles. The van der Waals surface area contributed by atoms with Crippen LogP contribution in [0.4, 0.5) is 0 Å². The van der Waals surface area contributed by atoms with E-state index in [1.807, 2.05) is 0 Å². The van der Waals surface area contributed by atoms with Gasteiger partial charge in [0.05, 0.1) is 6.10 Å². The predicted octanol–water partition coefficient (Wildman–Crippen LogP) is 3.27. The molecule has 1 aromatic carbocycles. The van der Waals surface area contributed by atoms with Crippen LogP contribution in [-0.4, -0.2) is 5.11 Å². The number of aryl methyl sites for hydroxylation is 1. The molecule has 14 heavy (non-hydrogen) atoms.